The number of nitrogens with one attached hydrogen (secondary N) is 1. The Balaban J connectivity index is 1.61. The molecule has 1 heterocycles. The fraction of sp³-hybridized carbons (Fsp3) is 0.409. The van der Waals surface area contributed by atoms with Crippen LogP contribution in [0.4, 0.5) is 0 Å². The van der Waals surface area contributed by atoms with Crippen molar-refractivity contribution in [3.05, 3.63) is 65.2 Å². The molecule has 25 heavy (non-hydrogen) atoms. The summed E-state index contributed by atoms with van der Waals surface area (Å²) < 4.78 is 6.49. The molecule has 1 saturated heterocycles. The molecule has 2 aliphatic rings. The van der Waals surface area contributed by atoms with E-state index in [1.165, 1.54) is 18.4 Å². The van der Waals surface area contributed by atoms with E-state index >= 15 is 0 Å². The molecule has 3 nitrogen and oxygen atoms in total. The Morgan fingerprint density at radius 1 is 1.04 bits per heavy atom. The number of hydrogen-bond donors (Lipinski definition) is 1. The SMILES string of the molecule is O=C1CCCc2cc(OC(c3ccccc3)C3CCCNC3)ccc21. The Morgan fingerprint density at radius 3 is 2.72 bits per heavy atom. The molecule has 0 radical (unpaired) electrons. The van der Waals surface area contributed by atoms with Gasteiger partial charge in [0.1, 0.15) is 11.9 Å². The first-order chi connectivity index (χ1) is 12.3. The molecule has 1 N–H and O–H groups in total. The molecule has 1 fully saturated rings. The third-order valence-corrected chi connectivity index (χ3v) is 5.38. The number of rotatable bonds is 4. The molecule has 0 aromatic heterocycles. The lowest BCUT2D eigenvalue weighted by Gasteiger charge is -2.32. The van der Waals surface area contributed by atoms with Gasteiger partial charge in [-0.2, -0.15) is 0 Å². The molecular formula is C22H25NO2. The number of hydrogen-bond acceptors (Lipinski definition) is 3. The highest BCUT2D eigenvalue weighted by Crippen LogP contribution is 2.34. The molecule has 0 saturated carbocycles. The third kappa shape index (κ3) is 3.62. The molecule has 2 aromatic rings. The zero-order chi connectivity index (χ0) is 17.1. The van der Waals surface area contributed by atoms with Crippen LogP contribution in [0, 0.1) is 5.92 Å². The largest absolute Gasteiger partial charge is 0.485 e. The van der Waals surface area contributed by atoms with Crippen LogP contribution in [0.3, 0.4) is 0 Å². The Bertz CT molecular complexity index is 735. The molecular weight excluding hydrogens is 310 g/mol. The van der Waals surface area contributed by atoms with Crippen molar-refractivity contribution in [2.75, 3.05) is 13.1 Å². The normalized spacial score (nSPS) is 21.4. The Hall–Kier alpha value is -2.13. The van der Waals surface area contributed by atoms with Crippen molar-refractivity contribution in [3.8, 4) is 5.75 Å². The Labute approximate surface area is 149 Å². The first kappa shape index (κ1) is 16.3. The van der Waals surface area contributed by atoms with Crippen LogP contribution in [0.5, 0.6) is 5.75 Å². The molecule has 4 rings (SSSR count). The highest BCUT2D eigenvalue weighted by molar-refractivity contribution is 5.98. The number of ketones is 1. The number of fused-ring (bicyclic) bond motifs is 1. The van der Waals surface area contributed by atoms with Crippen LogP contribution in [0.25, 0.3) is 0 Å². The number of carbonyl (C=O) groups excluding carboxylic acids is 1. The summed E-state index contributed by atoms with van der Waals surface area (Å²) in [5.41, 5.74) is 3.25. The summed E-state index contributed by atoms with van der Waals surface area (Å²) in [5, 5.41) is 3.50. The molecule has 2 aromatic carbocycles. The second-order valence-electron chi connectivity index (χ2n) is 7.15. The monoisotopic (exact) mass is 335 g/mol. The van der Waals surface area contributed by atoms with Gasteiger partial charge in [0, 0.05) is 24.4 Å². The zero-order valence-electron chi connectivity index (χ0n) is 14.5. The second-order valence-corrected chi connectivity index (χ2v) is 7.15. The lowest BCUT2D eigenvalue weighted by atomic mass is 9.88. The van der Waals surface area contributed by atoms with E-state index < -0.39 is 0 Å². The van der Waals surface area contributed by atoms with Gasteiger partial charge < -0.3 is 10.1 Å². The molecule has 3 heteroatoms. The summed E-state index contributed by atoms with van der Waals surface area (Å²) in [5.74, 6) is 1.62. The minimum absolute atomic E-state index is 0.0475. The van der Waals surface area contributed by atoms with E-state index in [0.717, 1.165) is 42.8 Å². The Morgan fingerprint density at radius 2 is 1.92 bits per heavy atom. The smallest absolute Gasteiger partial charge is 0.163 e. The van der Waals surface area contributed by atoms with Crippen molar-refractivity contribution in [1.82, 2.24) is 5.32 Å². The fourth-order valence-corrected chi connectivity index (χ4v) is 4.06. The van der Waals surface area contributed by atoms with Crippen molar-refractivity contribution in [3.63, 3.8) is 0 Å². The van der Waals surface area contributed by atoms with Gasteiger partial charge in [0.05, 0.1) is 0 Å². The second kappa shape index (κ2) is 7.40. The average molecular weight is 335 g/mol. The quantitative estimate of drug-likeness (QED) is 0.904. The number of ether oxygens (including phenoxy) is 1. The van der Waals surface area contributed by atoms with Crippen LogP contribution >= 0.6 is 0 Å². The molecule has 2 atom stereocenters. The van der Waals surface area contributed by atoms with E-state index in [0.29, 0.717) is 12.3 Å². The summed E-state index contributed by atoms with van der Waals surface area (Å²) >= 11 is 0. The maximum absolute atomic E-state index is 12.0. The zero-order valence-corrected chi connectivity index (χ0v) is 14.5. The predicted octanol–water partition coefficient (Wildman–Crippen LogP) is 4.33. The van der Waals surface area contributed by atoms with Crippen molar-refractivity contribution >= 4 is 5.78 Å². The first-order valence-electron chi connectivity index (χ1n) is 9.40. The topological polar surface area (TPSA) is 38.3 Å². The van der Waals surface area contributed by atoms with Crippen LogP contribution in [-0.2, 0) is 6.42 Å². The van der Waals surface area contributed by atoms with Crippen LogP contribution in [-0.4, -0.2) is 18.9 Å². The summed E-state index contributed by atoms with van der Waals surface area (Å²) in [6, 6.07) is 16.5. The average Bonchev–Trinajstić information content (AvgIpc) is 2.68. The molecule has 1 aliphatic carbocycles. The van der Waals surface area contributed by atoms with Crippen LogP contribution in [0.1, 0.15) is 53.3 Å². The minimum atomic E-state index is 0.0475. The van der Waals surface area contributed by atoms with Crippen molar-refractivity contribution in [1.29, 1.82) is 0 Å². The van der Waals surface area contributed by atoms with Gasteiger partial charge in [0.15, 0.2) is 5.78 Å². The van der Waals surface area contributed by atoms with Gasteiger partial charge in [-0.25, -0.2) is 0 Å². The number of piperidine rings is 1. The van der Waals surface area contributed by atoms with Crippen molar-refractivity contribution < 1.29 is 9.53 Å². The summed E-state index contributed by atoms with van der Waals surface area (Å²) in [7, 11) is 0. The Kier molecular flexibility index (Phi) is 4.84. The molecule has 0 spiro atoms. The molecule has 0 amide bonds. The van der Waals surface area contributed by atoms with Crippen molar-refractivity contribution in [2.24, 2.45) is 5.92 Å². The van der Waals surface area contributed by atoms with Gasteiger partial charge in [-0.3, -0.25) is 4.79 Å². The highest BCUT2D eigenvalue weighted by Gasteiger charge is 2.27. The summed E-state index contributed by atoms with van der Waals surface area (Å²) in [6.07, 6.45) is 5.01. The van der Waals surface area contributed by atoms with Gasteiger partial charge in [-0.15, -0.1) is 0 Å². The standard InChI is InChI=1S/C22H25NO2/c24-21-10-4-8-17-14-19(11-12-20(17)21)25-22(16-6-2-1-3-7-16)18-9-5-13-23-15-18/h1-3,6-7,11-12,14,18,22-23H,4-5,8-10,13,15H2. The van der Waals surface area contributed by atoms with Gasteiger partial charge in [-0.1, -0.05) is 30.3 Å². The van der Waals surface area contributed by atoms with Gasteiger partial charge in [0.2, 0.25) is 0 Å². The van der Waals surface area contributed by atoms with Crippen molar-refractivity contribution in [2.45, 2.75) is 38.2 Å². The van der Waals surface area contributed by atoms with E-state index in [-0.39, 0.29) is 11.9 Å². The van der Waals surface area contributed by atoms with E-state index in [2.05, 4.69) is 35.6 Å². The molecule has 2 unspecified atom stereocenters. The number of aryl methyl sites for hydroxylation is 1. The van der Waals surface area contributed by atoms with Gasteiger partial charge in [0.25, 0.3) is 0 Å². The maximum atomic E-state index is 12.0. The maximum Gasteiger partial charge on any atom is 0.163 e. The summed E-state index contributed by atoms with van der Waals surface area (Å²) in [4.78, 5) is 12.0. The third-order valence-electron chi connectivity index (χ3n) is 5.38. The summed E-state index contributed by atoms with van der Waals surface area (Å²) in [6.45, 7) is 2.09. The molecule has 1 aliphatic heterocycles. The van der Waals surface area contributed by atoms with E-state index in [4.69, 9.17) is 4.74 Å². The molecule has 130 valence electrons. The highest BCUT2D eigenvalue weighted by atomic mass is 16.5. The number of benzene rings is 2. The van der Waals surface area contributed by atoms with Crippen LogP contribution < -0.4 is 10.1 Å². The van der Waals surface area contributed by atoms with Gasteiger partial charge in [-0.05, 0) is 61.6 Å². The van der Waals surface area contributed by atoms with E-state index in [1.807, 2.05) is 18.2 Å². The van der Waals surface area contributed by atoms with Crippen LogP contribution in [0.2, 0.25) is 0 Å². The number of Topliss-reactive ketones (excluding diaryl/α,β-unsaturated/α-hetero) is 1. The van der Waals surface area contributed by atoms with E-state index in [9.17, 15) is 4.79 Å². The lowest BCUT2D eigenvalue weighted by Crippen LogP contribution is -2.35. The van der Waals surface area contributed by atoms with E-state index in [1.54, 1.807) is 0 Å². The predicted molar refractivity (Wildman–Crippen MR) is 99.1 cm³/mol. The fourth-order valence-electron chi connectivity index (χ4n) is 4.06. The first-order valence-corrected chi connectivity index (χ1v) is 9.40. The lowest BCUT2D eigenvalue weighted by molar-refractivity contribution is 0.0971. The van der Waals surface area contributed by atoms with Crippen LogP contribution in [0.15, 0.2) is 48.5 Å². The molecule has 0 bridgehead atoms. The minimum Gasteiger partial charge on any atom is -0.485 e. The number of carbonyl (C=O) groups is 1. The van der Waals surface area contributed by atoms with Gasteiger partial charge >= 0.3 is 0 Å².